The van der Waals surface area contributed by atoms with Gasteiger partial charge in [-0.25, -0.2) is 0 Å². The van der Waals surface area contributed by atoms with Crippen LogP contribution < -0.4 is 0 Å². The first-order chi connectivity index (χ1) is 6.46. The molecule has 0 spiro atoms. The van der Waals surface area contributed by atoms with Crippen LogP contribution in [0.5, 0.6) is 0 Å². The molecule has 0 aliphatic heterocycles. The number of hydrogen-bond acceptors (Lipinski definition) is 1. The number of rotatable bonds is 4. The third-order valence-corrected chi connectivity index (χ3v) is 3.73. The van der Waals surface area contributed by atoms with Gasteiger partial charge in [0.2, 0.25) is 0 Å². The largest absolute Gasteiger partial charge is 0.481 e. The van der Waals surface area contributed by atoms with E-state index in [0.29, 0.717) is 6.42 Å². The average molecular weight is 214 g/mol. The lowest BCUT2D eigenvalue weighted by molar-refractivity contribution is -0.158. The molecule has 1 atom stereocenters. The molecule has 0 amide bonds. The maximum atomic E-state index is 11.5. The lowest BCUT2D eigenvalue weighted by atomic mass is 9.59. The van der Waals surface area contributed by atoms with Gasteiger partial charge < -0.3 is 5.11 Å². The summed E-state index contributed by atoms with van der Waals surface area (Å²) in [6.45, 7) is 14.3. The molecule has 0 aliphatic carbocycles. The first-order valence-electron chi connectivity index (χ1n) is 5.70. The van der Waals surface area contributed by atoms with E-state index in [-0.39, 0.29) is 10.8 Å². The Hall–Kier alpha value is -0.530. The molecule has 0 radical (unpaired) electrons. The van der Waals surface area contributed by atoms with E-state index in [1.807, 2.05) is 20.8 Å². The predicted octanol–water partition coefficient (Wildman–Crippen LogP) is 3.95. The van der Waals surface area contributed by atoms with Crippen molar-refractivity contribution in [3.05, 3.63) is 0 Å². The Morgan fingerprint density at radius 3 is 1.67 bits per heavy atom. The van der Waals surface area contributed by atoms with E-state index in [2.05, 4.69) is 27.7 Å². The summed E-state index contributed by atoms with van der Waals surface area (Å²) in [6, 6.07) is 0. The van der Waals surface area contributed by atoms with E-state index < -0.39 is 11.4 Å². The molecule has 90 valence electrons. The fraction of sp³-hybridized carbons (Fsp3) is 0.923. The van der Waals surface area contributed by atoms with E-state index in [1.165, 1.54) is 0 Å². The van der Waals surface area contributed by atoms with Crippen molar-refractivity contribution in [1.29, 1.82) is 0 Å². The van der Waals surface area contributed by atoms with Crippen molar-refractivity contribution in [2.75, 3.05) is 0 Å². The molecule has 0 saturated carbocycles. The third-order valence-electron chi connectivity index (χ3n) is 3.73. The van der Waals surface area contributed by atoms with E-state index in [9.17, 15) is 9.90 Å². The molecule has 0 aromatic heterocycles. The van der Waals surface area contributed by atoms with Gasteiger partial charge in [0.15, 0.2) is 0 Å². The van der Waals surface area contributed by atoms with Crippen molar-refractivity contribution in [3.8, 4) is 0 Å². The second-order valence-corrected chi connectivity index (χ2v) is 6.61. The van der Waals surface area contributed by atoms with Crippen LogP contribution in [0, 0.1) is 16.2 Å². The number of carboxylic acid groups (broad SMARTS) is 1. The van der Waals surface area contributed by atoms with Gasteiger partial charge in [0.05, 0.1) is 5.41 Å². The molecule has 0 fully saturated rings. The number of carboxylic acids is 1. The van der Waals surface area contributed by atoms with Gasteiger partial charge in [0.1, 0.15) is 0 Å². The molecule has 2 heteroatoms. The second-order valence-electron chi connectivity index (χ2n) is 6.61. The maximum Gasteiger partial charge on any atom is 0.309 e. The zero-order valence-electron chi connectivity index (χ0n) is 11.3. The lowest BCUT2D eigenvalue weighted by Gasteiger charge is -2.44. The Morgan fingerprint density at radius 1 is 1.07 bits per heavy atom. The van der Waals surface area contributed by atoms with Crippen LogP contribution in [0.1, 0.15) is 61.3 Å². The van der Waals surface area contributed by atoms with Gasteiger partial charge in [-0.2, -0.15) is 0 Å². The average Bonchev–Trinajstić information content (AvgIpc) is 2.00. The Morgan fingerprint density at radius 2 is 1.47 bits per heavy atom. The molecule has 0 aromatic rings. The van der Waals surface area contributed by atoms with Crippen LogP contribution in [0.4, 0.5) is 0 Å². The Balaban J connectivity index is 5.18. The van der Waals surface area contributed by atoms with Crippen molar-refractivity contribution in [2.24, 2.45) is 16.2 Å². The summed E-state index contributed by atoms with van der Waals surface area (Å²) < 4.78 is 0. The van der Waals surface area contributed by atoms with Gasteiger partial charge in [-0.1, -0.05) is 41.5 Å². The van der Waals surface area contributed by atoms with Crippen molar-refractivity contribution in [1.82, 2.24) is 0 Å². The second kappa shape index (κ2) is 4.15. The molecule has 0 rings (SSSR count). The lowest BCUT2D eigenvalue weighted by Crippen LogP contribution is -2.44. The fourth-order valence-corrected chi connectivity index (χ4v) is 2.06. The Kier molecular flexibility index (Phi) is 4.00. The number of aliphatic carboxylic acids is 1. The molecule has 0 aliphatic rings. The maximum absolute atomic E-state index is 11.5. The zero-order chi connectivity index (χ0) is 12.5. The number of carbonyl (C=O) groups is 1. The van der Waals surface area contributed by atoms with Crippen molar-refractivity contribution < 1.29 is 9.90 Å². The minimum absolute atomic E-state index is 0.0413. The smallest absolute Gasteiger partial charge is 0.309 e. The van der Waals surface area contributed by atoms with Crippen LogP contribution in [0.25, 0.3) is 0 Å². The summed E-state index contributed by atoms with van der Waals surface area (Å²) in [6.07, 6.45) is 1.59. The number of hydrogen-bond donors (Lipinski definition) is 1. The summed E-state index contributed by atoms with van der Waals surface area (Å²) >= 11 is 0. The van der Waals surface area contributed by atoms with Crippen LogP contribution in [0.2, 0.25) is 0 Å². The molecule has 2 nitrogen and oxygen atoms in total. The summed E-state index contributed by atoms with van der Waals surface area (Å²) in [5.74, 6) is -0.677. The van der Waals surface area contributed by atoms with Gasteiger partial charge in [-0.05, 0) is 30.6 Å². The van der Waals surface area contributed by atoms with Gasteiger partial charge in [-0.3, -0.25) is 4.79 Å². The fourth-order valence-electron chi connectivity index (χ4n) is 2.06. The van der Waals surface area contributed by atoms with Gasteiger partial charge in [-0.15, -0.1) is 0 Å². The van der Waals surface area contributed by atoms with Crippen molar-refractivity contribution >= 4 is 5.97 Å². The Bertz CT molecular complexity index is 235. The molecule has 1 unspecified atom stereocenters. The van der Waals surface area contributed by atoms with Gasteiger partial charge >= 0.3 is 5.97 Å². The van der Waals surface area contributed by atoms with E-state index in [0.717, 1.165) is 6.42 Å². The molecular weight excluding hydrogens is 188 g/mol. The van der Waals surface area contributed by atoms with Crippen LogP contribution in [-0.2, 0) is 4.79 Å². The molecule has 1 N–H and O–H groups in total. The normalized spacial score (nSPS) is 17.3. The van der Waals surface area contributed by atoms with Crippen LogP contribution >= 0.6 is 0 Å². The van der Waals surface area contributed by atoms with Crippen LogP contribution in [0.15, 0.2) is 0 Å². The minimum atomic E-state index is -0.677. The van der Waals surface area contributed by atoms with E-state index >= 15 is 0 Å². The quantitative estimate of drug-likeness (QED) is 0.769. The highest BCUT2D eigenvalue weighted by atomic mass is 16.4. The molecule has 0 saturated heterocycles. The van der Waals surface area contributed by atoms with Crippen LogP contribution in [0.3, 0.4) is 0 Å². The highest BCUT2D eigenvalue weighted by Gasteiger charge is 2.48. The molecule has 0 bridgehead atoms. The van der Waals surface area contributed by atoms with Gasteiger partial charge in [0, 0.05) is 0 Å². The predicted molar refractivity (Wildman–Crippen MR) is 63.9 cm³/mol. The van der Waals surface area contributed by atoms with Crippen LogP contribution in [-0.4, -0.2) is 11.1 Å². The van der Waals surface area contributed by atoms with E-state index in [1.54, 1.807) is 0 Å². The van der Waals surface area contributed by atoms with E-state index in [4.69, 9.17) is 0 Å². The highest BCUT2D eigenvalue weighted by molar-refractivity contribution is 5.75. The standard InChI is InChI=1S/C13H26O2/c1-8-12(5,6)13(7,10(14)15)9-11(2,3)4/h8-9H2,1-7H3,(H,14,15). The SMILES string of the molecule is CCC(C)(C)C(C)(CC(C)(C)C)C(=O)O. The summed E-state index contributed by atoms with van der Waals surface area (Å²) in [7, 11) is 0. The summed E-state index contributed by atoms with van der Waals surface area (Å²) in [5, 5.41) is 9.46. The Labute approximate surface area is 94.1 Å². The molecule has 0 heterocycles. The zero-order valence-corrected chi connectivity index (χ0v) is 11.3. The first kappa shape index (κ1) is 14.5. The highest BCUT2D eigenvalue weighted by Crippen LogP contribution is 2.48. The van der Waals surface area contributed by atoms with Gasteiger partial charge in [0.25, 0.3) is 0 Å². The third kappa shape index (κ3) is 3.22. The minimum Gasteiger partial charge on any atom is -0.481 e. The molecular formula is C13H26O2. The molecule has 0 aromatic carbocycles. The first-order valence-corrected chi connectivity index (χ1v) is 5.70. The molecule has 15 heavy (non-hydrogen) atoms. The monoisotopic (exact) mass is 214 g/mol. The summed E-state index contributed by atoms with van der Waals surface area (Å²) in [5.41, 5.74) is -0.786. The van der Waals surface area contributed by atoms with Crippen molar-refractivity contribution in [2.45, 2.75) is 61.3 Å². The summed E-state index contributed by atoms with van der Waals surface area (Å²) in [4.78, 5) is 11.5. The van der Waals surface area contributed by atoms with Crippen molar-refractivity contribution in [3.63, 3.8) is 0 Å². The topological polar surface area (TPSA) is 37.3 Å².